The van der Waals surface area contributed by atoms with E-state index < -0.39 is 33.9 Å². The van der Waals surface area contributed by atoms with Crippen molar-refractivity contribution in [3.63, 3.8) is 0 Å². The maximum absolute atomic E-state index is 12.8. The number of hydrogen-bond acceptors (Lipinski definition) is 3. The first-order valence-electron chi connectivity index (χ1n) is 9.89. The Bertz CT molecular complexity index is 1130. The average molecular weight is 498 g/mol. The highest BCUT2D eigenvalue weighted by Crippen LogP contribution is 2.65. The monoisotopic (exact) mass is 496 g/mol. The third-order valence-corrected chi connectivity index (χ3v) is 7.28. The number of nitrogens with zero attached hydrogens (tertiary/aromatic N) is 1. The highest BCUT2D eigenvalue weighted by molar-refractivity contribution is 6.53. The van der Waals surface area contributed by atoms with Crippen molar-refractivity contribution in [2.45, 2.75) is 35.9 Å². The lowest BCUT2D eigenvalue weighted by Gasteiger charge is -2.10. The standard InChI is InChI=1S/C23H17Cl3F2N2O2/c24-16-6-5-14(9-15(16)17(31)10-22(11-29)7-8-22)30-21(32)19-18(23(19,25)26)12-1-3-13(4-2-12)20(27)28/h1-6,9,18-20H,7-8,10H2,(H,30,32). The average Bonchev–Trinajstić information content (AvgIpc) is 3.64. The molecule has 0 heterocycles. The van der Waals surface area contributed by atoms with Gasteiger partial charge in [-0.2, -0.15) is 5.26 Å². The van der Waals surface area contributed by atoms with Gasteiger partial charge in [0.05, 0.1) is 22.4 Å². The molecule has 2 unspecified atom stereocenters. The van der Waals surface area contributed by atoms with Crippen molar-refractivity contribution in [3.05, 3.63) is 64.2 Å². The van der Waals surface area contributed by atoms with Crippen LogP contribution in [0.1, 0.15) is 53.1 Å². The summed E-state index contributed by atoms with van der Waals surface area (Å²) in [5.74, 6) is -2.09. The first kappa shape index (κ1) is 23.0. The summed E-state index contributed by atoms with van der Waals surface area (Å²) in [7, 11) is 0. The number of anilines is 1. The molecule has 9 heteroatoms. The number of nitrogens with one attached hydrogen (secondary N) is 1. The van der Waals surface area contributed by atoms with Gasteiger partial charge in [0, 0.05) is 29.2 Å². The summed E-state index contributed by atoms with van der Waals surface area (Å²) in [4.78, 5) is 25.5. The Morgan fingerprint density at radius 3 is 2.38 bits per heavy atom. The molecule has 2 aromatic rings. The molecule has 0 aromatic heterocycles. The predicted octanol–water partition coefficient (Wildman–Crippen LogP) is 6.68. The van der Waals surface area contributed by atoms with E-state index in [0.717, 1.165) is 0 Å². The van der Waals surface area contributed by atoms with Gasteiger partial charge >= 0.3 is 0 Å². The van der Waals surface area contributed by atoms with Gasteiger partial charge in [0.2, 0.25) is 5.91 Å². The van der Waals surface area contributed by atoms with E-state index in [2.05, 4.69) is 11.4 Å². The quantitative estimate of drug-likeness (QED) is 0.343. The summed E-state index contributed by atoms with van der Waals surface area (Å²) in [6, 6.07) is 12.2. The molecule has 0 saturated heterocycles. The summed E-state index contributed by atoms with van der Waals surface area (Å²) < 4.78 is 24.2. The summed E-state index contributed by atoms with van der Waals surface area (Å²) in [5, 5.41) is 12.1. The maximum atomic E-state index is 12.8. The number of benzene rings is 2. The predicted molar refractivity (Wildman–Crippen MR) is 118 cm³/mol. The van der Waals surface area contributed by atoms with Gasteiger partial charge < -0.3 is 5.32 Å². The lowest BCUT2D eigenvalue weighted by Crippen LogP contribution is -2.17. The van der Waals surface area contributed by atoms with Crippen LogP contribution in [0.2, 0.25) is 5.02 Å². The topological polar surface area (TPSA) is 70.0 Å². The number of carbonyl (C=O) groups excluding carboxylic acids is 2. The van der Waals surface area contributed by atoms with Gasteiger partial charge in [0.15, 0.2) is 5.78 Å². The number of amides is 1. The molecule has 2 atom stereocenters. The van der Waals surface area contributed by atoms with Crippen LogP contribution in [-0.4, -0.2) is 16.0 Å². The van der Waals surface area contributed by atoms with Crippen molar-refractivity contribution in [3.8, 4) is 6.07 Å². The zero-order valence-electron chi connectivity index (χ0n) is 16.5. The Hall–Kier alpha value is -2.20. The number of carbonyl (C=O) groups is 2. The largest absolute Gasteiger partial charge is 0.326 e. The van der Waals surface area contributed by atoms with E-state index in [0.29, 0.717) is 24.1 Å². The molecule has 4 nitrogen and oxygen atoms in total. The number of rotatable bonds is 7. The zero-order valence-corrected chi connectivity index (χ0v) is 18.8. The van der Waals surface area contributed by atoms with Crippen molar-refractivity contribution < 1.29 is 18.4 Å². The number of ketones is 1. The molecule has 0 aliphatic heterocycles. The number of nitriles is 1. The van der Waals surface area contributed by atoms with Gasteiger partial charge in [-0.1, -0.05) is 35.9 Å². The maximum Gasteiger partial charge on any atom is 0.263 e. The van der Waals surface area contributed by atoms with Gasteiger partial charge in [-0.3, -0.25) is 9.59 Å². The number of hydrogen-bond donors (Lipinski definition) is 1. The molecule has 2 aliphatic carbocycles. The van der Waals surface area contributed by atoms with Crippen molar-refractivity contribution in [1.82, 2.24) is 0 Å². The molecular weight excluding hydrogens is 481 g/mol. The second-order valence-corrected chi connectivity index (χ2v) is 10.1. The highest BCUT2D eigenvalue weighted by Gasteiger charge is 2.67. The Kier molecular flexibility index (Phi) is 5.96. The second-order valence-electron chi connectivity index (χ2n) is 8.27. The first-order chi connectivity index (χ1) is 15.1. The van der Waals surface area contributed by atoms with Crippen LogP contribution >= 0.6 is 34.8 Å². The van der Waals surface area contributed by atoms with Crippen molar-refractivity contribution in [1.29, 1.82) is 5.26 Å². The molecule has 2 aliphatic rings. The van der Waals surface area contributed by atoms with E-state index in [1.807, 2.05) is 0 Å². The molecule has 1 amide bonds. The van der Waals surface area contributed by atoms with E-state index in [4.69, 9.17) is 34.8 Å². The summed E-state index contributed by atoms with van der Waals surface area (Å²) in [6.45, 7) is 0. The fourth-order valence-electron chi connectivity index (χ4n) is 3.83. The molecule has 2 aromatic carbocycles. The van der Waals surface area contributed by atoms with Gasteiger partial charge in [-0.25, -0.2) is 8.78 Å². The van der Waals surface area contributed by atoms with Crippen LogP contribution in [0.25, 0.3) is 0 Å². The lowest BCUT2D eigenvalue weighted by molar-refractivity contribution is -0.117. The number of alkyl halides is 4. The zero-order chi connectivity index (χ0) is 23.3. The van der Waals surface area contributed by atoms with Gasteiger partial charge in [-0.15, -0.1) is 23.2 Å². The molecule has 166 valence electrons. The fourth-order valence-corrected chi connectivity index (χ4v) is 4.89. The summed E-state index contributed by atoms with van der Waals surface area (Å²) in [5.41, 5.74) is 0.402. The molecule has 0 bridgehead atoms. The molecule has 4 rings (SSSR count). The Morgan fingerprint density at radius 1 is 1.16 bits per heavy atom. The minimum absolute atomic E-state index is 0.0758. The molecule has 0 spiro atoms. The van der Waals surface area contributed by atoms with Crippen LogP contribution in [0.5, 0.6) is 0 Å². The van der Waals surface area contributed by atoms with Crippen LogP contribution in [0.3, 0.4) is 0 Å². The first-order valence-corrected chi connectivity index (χ1v) is 11.0. The lowest BCUT2D eigenvalue weighted by atomic mass is 9.96. The van der Waals surface area contributed by atoms with Gasteiger partial charge in [0.25, 0.3) is 6.43 Å². The molecule has 2 saturated carbocycles. The van der Waals surface area contributed by atoms with Crippen LogP contribution in [0, 0.1) is 22.7 Å². The summed E-state index contributed by atoms with van der Waals surface area (Å²) in [6.07, 6.45) is -1.16. The van der Waals surface area contributed by atoms with Gasteiger partial charge in [-0.05, 0) is 36.6 Å². The smallest absolute Gasteiger partial charge is 0.263 e. The normalized spacial score (nSPS) is 22.2. The van der Waals surface area contributed by atoms with Gasteiger partial charge in [0.1, 0.15) is 4.33 Å². The van der Waals surface area contributed by atoms with E-state index >= 15 is 0 Å². The second kappa shape index (κ2) is 8.30. The summed E-state index contributed by atoms with van der Waals surface area (Å²) >= 11 is 18.8. The molecule has 32 heavy (non-hydrogen) atoms. The van der Waals surface area contributed by atoms with E-state index in [9.17, 15) is 23.6 Å². The third-order valence-electron chi connectivity index (χ3n) is 6.01. The fraction of sp³-hybridized carbons (Fsp3) is 0.348. The Morgan fingerprint density at radius 2 is 1.81 bits per heavy atom. The van der Waals surface area contributed by atoms with E-state index in [1.54, 1.807) is 6.07 Å². The molecule has 1 N–H and O–H groups in total. The van der Waals surface area contributed by atoms with E-state index in [1.165, 1.54) is 36.4 Å². The third kappa shape index (κ3) is 4.34. The molecule has 0 radical (unpaired) electrons. The molecular formula is C23H17Cl3F2N2O2. The van der Waals surface area contributed by atoms with Crippen LogP contribution in [-0.2, 0) is 4.79 Å². The Balaban J connectivity index is 1.48. The van der Waals surface area contributed by atoms with Crippen LogP contribution in [0.4, 0.5) is 14.5 Å². The van der Waals surface area contributed by atoms with Crippen LogP contribution in [0.15, 0.2) is 42.5 Å². The van der Waals surface area contributed by atoms with Crippen molar-refractivity contribution in [2.75, 3.05) is 5.32 Å². The number of halogens is 5. The minimum Gasteiger partial charge on any atom is -0.326 e. The molecule has 2 fully saturated rings. The minimum atomic E-state index is -2.59. The number of Topliss-reactive ketones (excluding diaryl/α,β-unsaturated/α-hetero) is 1. The van der Waals surface area contributed by atoms with Crippen LogP contribution < -0.4 is 5.32 Å². The highest BCUT2D eigenvalue weighted by atomic mass is 35.5. The SMILES string of the molecule is N#CC1(CC(=O)c2cc(NC(=O)C3C(c4ccc(C(F)F)cc4)C3(Cl)Cl)ccc2Cl)CC1. The van der Waals surface area contributed by atoms with E-state index in [-0.39, 0.29) is 28.4 Å². The van der Waals surface area contributed by atoms with Crippen molar-refractivity contribution in [2.24, 2.45) is 11.3 Å². The Labute approximate surface area is 198 Å². The van der Waals surface area contributed by atoms with Crippen molar-refractivity contribution >= 4 is 52.2 Å².